The number of unbranched alkanes of at least 4 members (excludes halogenated alkanes) is 6. The lowest BCUT2D eigenvalue weighted by Crippen LogP contribution is -2.21. The first kappa shape index (κ1) is 76.3. The maximum Gasteiger partial charge on any atom is 0.305 e. The van der Waals surface area contributed by atoms with Gasteiger partial charge in [-0.3, -0.25) is 9.59 Å². The normalized spacial score (nSPS) is 11.9. The minimum Gasteiger partial charge on any atom is -0.508 e. The third-order valence-electron chi connectivity index (χ3n) is 17.3. The molecule has 0 saturated carbocycles. The fraction of sp³-hybridized carbons (Fsp3) is 0.519. The van der Waals surface area contributed by atoms with Gasteiger partial charge in [0.05, 0.1) is 13.2 Å². The fourth-order valence-electron chi connectivity index (χ4n) is 11.8. The summed E-state index contributed by atoms with van der Waals surface area (Å²) in [5.41, 5.74) is 10.8. The number of aromatic hydroxyl groups is 6. The number of carbonyl (C=O) groups excluding carboxylic acids is 2. The van der Waals surface area contributed by atoms with E-state index in [-0.39, 0.29) is 52.2 Å². The maximum absolute atomic E-state index is 12.1. The van der Waals surface area contributed by atoms with Crippen LogP contribution < -0.4 is 0 Å². The standard InChI is InChI=1S/C32H54O6.C20H26O2.C19H24.C8H10O2/c1-7-9-11-13-21-37-29(35)17-15-19-31(3,4)25-23-28(34)26(24-27(25)33)32(5,6)20-16-18-30(36)38-22-14-12-10-8-2;1-11(2)18(16-9-12(3)7-14(5)19(16)21)17-10-13(4)8-15(6)20(17)22;1-4-16(17-11-7-5-8-12-17)15-19(2,3)18-13-9-6-10-14-18;1-5-3-8(10)6(2)4-7(5)9/h23-24,33-34H,7-22H2,1-6H3;7-11,18,21-22H,1-6H3;5-14,16H,4,15H2,1-3H3;3-4,9-10H,1-2H3. The molecule has 0 heterocycles. The topological polar surface area (TPSA) is 174 Å². The summed E-state index contributed by atoms with van der Waals surface area (Å²) in [5.74, 6) is 1.93. The number of rotatable bonds is 28. The van der Waals surface area contributed by atoms with Gasteiger partial charge in [-0.25, -0.2) is 0 Å². The van der Waals surface area contributed by atoms with Crippen molar-refractivity contribution >= 4 is 11.9 Å². The van der Waals surface area contributed by atoms with Crippen LogP contribution >= 0.6 is 0 Å². The number of phenolic OH excluding ortho intramolecular Hbond substituents is 6. The van der Waals surface area contributed by atoms with E-state index in [0.717, 1.165) is 84.7 Å². The molecule has 490 valence electrons. The smallest absolute Gasteiger partial charge is 0.305 e. The van der Waals surface area contributed by atoms with Gasteiger partial charge in [0.15, 0.2) is 0 Å². The lowest BCUT2D eigenvalue weighted by Gasteiger charge is -2.30. The molecule has 0 aliphatic rings. The summed E-state index contributed by atoms with van der Waals surface area (Å²) in [6.45, 7) is 36.0. The van der Waals surface area contributed by atoms with E-state index >= 15 is 0 Å². The van der Waals surface area contributed by atoms with Crippen molar-refractivity contribution in [2.24, 2.45) is 5.92 Å². The van der Waals surface area contributed by atoms with E-state index in [1.165, 1.54) is 24.0 Å². The Morgan fingerprint density at radius 1 is 0.449 bits per heavy atom. The third-order valence-corrected chi connectivity index (χ3v) is 17.3. The molecule has 6 N–H and O–H groups in total. The molecule has 10 nitrogen and oxygen atoms in total. The third kappa shape index (κ3) is 25.1. The van der Waals surface area contributed by atoms with Crippen molar-refractivity contribution < 1.29 is 49.7 Å². The number of phenols is 6. The number of hydrogen-bond donors (Lipinski definition) is 6. The van der Waals surface area contributed by atoms with Gasteiger partial charge < -0.3 is 40.1 Å². The van der Waals surface area contributed by atoms with Crippen LogP contribution in [0.5, 0.6) is 34.5 Å². The molecule has 0 aliphatic carbocycles. The highest BCUT2D eigenvalue weighted by Crippen LogP contribution is 2.45. The first-order chi connectivity index (χ1) is 41.9. The molecule has 0 amide bonds. The average molecular weight is 1220 g/mol. The van der Waals surface area contributed by atoms with Crippen LogP contribution in [0.2, 0.25) is 0 Å². The molecule has 0 spiro atoms. The molecule has 6 aromatic rings. The highest BCUT2D eigenvalue weighted by atomic mass is 16.5. The van der Waals surface area contributed by atoms with Gasteiger partial charge in [-0.1, -0.05) is 211 Å². The Balaban J connectivity index is 0.000000341. The molecule has 0 aromatic heterocycles. The van der Waals surface area contributed by atoms with Crippen molar-refractivity contribution in [3.05, 3.63) is 176 Å². The van der Waals surface area contributed by atoms with Gasteiger partial charge in [-0.15, -0.1) is 0 Å². The number of benzene rings is 6. The lowest BCUT2D eigenvalue weighted by atomic mass is 9.74. The van der Waals surface area contributed by atoms with Gasteiger partial charge in [0, 0.05) is 41.0 Å². The Labute approximate surface area is 537 Å². The lowest BCUT2D eigenvalue weighted by molar-refractivity contribution is -0.144. The van der Waals surface area contributed by atoms with E-state index in [1.807, 2.05) is 79.7 Å². The largest absolute Gasteiger partial charge is 0.508 e. The summed E-state index contributed by atoms with van der Waals surface area (Å²) in [7, 11) is 0. The van der Waals surface area contributed by atoms with E-state index in [2.05, 4.69) is 109 Å². The van der Waals surface area contributed by atoms with Crippen LogP contribution in [0.15, 0.2) is 109 Å². The van der Waals surface area contributed by atoms with E-state index < -0.39 is 10.8 Å². The molecule has 6 rings (SSSR count). The van der Waals surface area contributed by atoms with Crippen molar-refractivity contribution in [3.8, 4) is 34.5 Å². The molecule has 1 unspecified atom stereocenters. The van der Waals surface area contributed by atoms with Gasteiger partial charge in [0.1, 0.15) is 34.5 Å². The number of aryl methyl sites for hydroxylation is 6. The molecule has 10 heteroatoms. The van der Waals surface area contributed by atoms with Gasteiger partial charge in [0.25, 0.3) is 0 Å². The first-order valence-electron chi connectivity index (χ1n) is 33.0. The fourth-order valence-corrected chi connectivity index (χ4v) is 11.8. The van der Waals surface area contributed by atoms with Crippen molar-refractivity contribution in [3.63, 3.8) is 0 Å². The van der Waals surface area contributed by atoms with Gasteiger partial charge in [-0.05, 0) is 179 Å². The average Bonchev–Trinajstić information content (AvgIpc) is 1.63. The quantitative estimate of drug-likeness (QED) is 0.0158. The molecule has 0 radical (unpaired) electrons. The predicted molar refractivity (Wildman–Crippen MR) is 368 cm³/mol. The van der Waals surface area contributed by atoms with Crippen LogP contribution in [-0.2, 0) is 35.3 Å². The Hall–Kier alpha value is -6.94. The molecule has 6 aromatic carbocycles. The minimum atomic E-state index is -0.424. The summed E-state index contributed by atoms with van der Waals surface area (Å²) >= 11 is 0. The summed E-state index contributed by atoms with van der Waals surface area (Å²) in [4.78, 5) is 24.1. The van der Waals surface area contributed by atoms with Crippen LogP contribution in [0.25, 0.3) is 0 Å². The van der Waals surface area contributed by atoms with Crippen LogP contribution in [0.3, 0.4) is 0 Å². The second kappa shape index (κ2) is 37.3. The van der Waals surface area contributed by atoms with Crippen molar-refractivity contribution in [1.82, 2.24) is 0 Å². The van der Waals surface area contributed by atoms with E-state index in [1.54, 1.807) is 38.1 Å². The maximum atomic E-state index is 12.1. The minimum absolute atomic E-state index is 0.0304. The highest BCUT2D eigenvalue weighted by molar-refractivity contribution is 5.69. The van der Waals surface area contributed by atoms with Crippen molar-refractivity contribution in [1.29, 1.82) is 0 Å². The number of hydrogen-bond acceptors (Lipinski definition) is 10. The molecule has 0 aliphatic heterocycles. The summed E-state index contributed by atoms with van der Waals surface area (Å²) < 4.78 is 10.7. The van der Waals surface area contributed by atoms with Crippen LogP contribution in [0, 0.1) is 47.5 Å². The van der Waals surface area contributed by atoms with Crippen LogP contribution in [0.1, 0.15) is 257 Å². The number of esters is 2. The molecule has 89 heavy (non-hydrogen) atoms. The number of ether oxygens (including phenoxy) is 2. The zero-order valence-corrected chi connectivity index (χ0v) is 57.7. The molecular weight excluding hydrogens is 1110 g/mol. The first-order valence-corrected chi connectivity index (χ1v) is 33.0. The zero-order valence-electron chi connectivity index (χ0n) is 57.7. The SMILES string of the molecule is CCC(CC(C)(C)c1ccccc1)c1ccccc1.CCCCCCOC(=O)CCCC(C)(C)c1cc(O)c(C(C)(C)CCCC(=O)OCCCCCC)cc1O.Cc1cc(C)c(O)c(C(c2cc(C)cc(C)c2O)C(C)C)c1.Cc1cc(O)c(C)cc1O. The molecule has 0 fully saturated rings. The Kier molecular flexibility index (Phi) is 32.0. The Bertz CT molecular complexity index is 2900. The zero-order chi connectivity index (χ0) is 66.6. The highest BCUT2D eigenvalue weighted by Gasteiger charge is 2.31. The van der Waals surface area contributed by atoms with E-state index in [0.29, 0.717) is 91.4 Å². The molecular formula is C79H114O10. The van der Waals surface area contributed by atoms with E-state index in [4.69, 9.17) is 19.7 Å². The Morgan fingerprint density at radius 2 is 0.843 bits per heavy atom. The monoisotopic (exact) mass is 1220 g/mol. The summed E-state index contributed by atoms with van der Waals surface area (Å²) in [6, 6.07) is 36.2. The van der Waals surface area contributed by atoms with Crippen molar-refractivity contribution in [2.75, 3.05) is 13.2 Å². The van der Waals surface area contributed by atoms with Gasteiger partial charge in [0.2, 0.25) is 0 Å². The second-order valence-electron chi connectivity index (χ2n) is 27.1. The molecule has 1 atom stereocenters. The number of carbonyl (C=O) groups is 2. The van der Waals surface area contributed by atoms with Gasteiger partial charge in [-0.2, -0.15) is 0 Å². The summed E-state index contributed by atoms with van der Waals surface area (Å²) in [5, 5.41) is 61.1. The predicted octanol–water partition coefficient (Wildman–Crippen LogP) is 20.6. The summed E-state index contributed by atoms with van der Waals surface area (Å²) in [6.07, 6.45) is 14.3. The van der Waals surface area contributed by atoms with Crippen LogP contribution in [-0.4, -0.2) is 55.8 Å². The molecule has 0 bridgehead atoms. The Morgan fingerprint density at radius 3 is 1.21 bits per heavy atom. The second-order valence-corrected chi connectivity index (χ2v) is 27.1. The molecule has 0 saturated heterocycles. The van der Waals surface area contributed by atoms with E-state index in [9.17, 15) is 30.0 Å². The van der Waals surface area contributed by atoms with Crippen molar-refractivity contribution in [2.45, 2.75) is 249 Å². The van der Waals surface area contributed by atoms with Crippen LogP contribution in [0.4, 0.5) is 0 Å². The van der Waals surface area contributed by atoms with Gasteiger partial charge >= 0.3 is 11.9 Å².